The average molecular weight is 315 g/mol. The highest BCUT2D eigenvalue weighted by Gasteiger charge is 2.46. The van der Waals surface area contributed by atoms with Crippen molar-refractivity contribution in [3.05, 3.63) is 41.0 Å². The summed E-state index contributed by atoms with van der Waals surface area (Å²) in [5.41, 5.74) is -0.799. The SMILES string of the molecule is O=C(O)c1cccc(C(=O)O)c1N1C(=O)C2=CCCCC2C1=O. The van der Waals surface area contributed by atoms with E-state index in [-0.39, 0.29) is 16.8 Å². The van der Waals surface area contributed by atoms with E-state index in [1.807, 2.05) is 0 Å². The van der Waals surface area contributed by atoms with Gasteiger partial charge in [0.15, 0.2) is 0 Å². The van der Waals surface area contributed by atoms with Gasteiger partial charge in [-0.3, -0.25) is 9.59 Å². The van der Waals surface area contributed by atoms with Crippen molar-refractivity contribution in [1.29, 1.82) is 0 Å². The van der Waals surface area contributed by atoms with Gasteiger partial charge in [0.1, 0.15) is 0 Å². The maximum atomic E-state index is 12.6. The smallest absolute Gasteiger partial charge is 0.337 e. The molecule has 1 aromatic carbocycles. The molecule has 118 valence electrons. The van der Waals surface area contributed by atoms with Crippen LogP contribution in [0.25, 0.3) is 0 Å². The number of nitrogens with zero attached hydrogens (tertiary/aromatic N) is 1. The first-order chi connectivity index (χ1) is 10.9. The van der Waals surface area contributed by atoms with Gasteiger partial charge in [-0.05, 0) is 31.4 Å². The third-order valence-electron chi connectivity index (χ3n) is 4.13. The van der Waals surface area contributed by atoms with Crippen LogP contribution in [0.15, 0.2) is 29.8 Å². The minimum absolute atomic E-state index is 0.331. The summed E-state index contributed by atoms with van der Waals surface area (Å²) in [5, 5.41) is 18.6. The van der Waals surface area contributed by atoms with Crippen molar-refractivity contribution in [2.45, 2.75) is 19.3 Å². The number of aromatic carboxylic acids is 2. The molecule has 0 spiro atoms. The van der Waals surface area contributed by atoms with E-state index in [1.165, 1.54) is 18.2 Å². The van der Waals surface area contributed by atoms with Crippen molar-refractivity contribution < 1.29 is 29.4 Å². The number of benzene rings is 1. The first-order valence-corrected chi connectivity index (χ1v) is 7.11. The van der Waals surface area contributed by atoms with Crippen molar-refractivity contribution >= 4 is 29.4 Å². The first kappa shape index (κ1) is 15.0. The Morgan fingerprint density at radius 3 is 2.22 bits per heavy atom. The molecule has 23 heavy (non-hydrogen) atoms. The van der Waals surface area contributed by atoms with Crippen LogP contribution in [-0.4, -0.2) is 34.0 Å². The number of allylic oxidation sites excluding steroid dienone is 1. The van der Waals surface area contributed by atoms with Gasteiger partial charge in [0.05, 0.1) is 22.7 Å². The highest BCUT2D eigenvalue weighted by atomic mass is 16.4. The molecule has 0 radical (unpaired) electrons. The lowest BCUT2D eigenvalue weighted by Gasteiger charge is -2.19. The normalized spacial score (nSPS) is 20.3. The summed E-state index contributed by atoms with van der Waals surface area (Å²) < 4.78 is 0. The van der Waals surface area contributed by atoms with E-state index >= 15 is 0 Å². The minimum atomic E-state index is -1.40. The lowest BCUT2D eigenvalue weighted by Crippen LogP contribution is -2.33. The van der Waals surface area contributed by atoms with Crippen molar-refractivity contribution in [2.75, 3.05) is 4.90 Å². The molecule has 1 aromatic rings. The summed E-state index contributed by atoms with van der Waals surface area (Å²) in [4.78, 5) is 48.7. The molecule has 2 aliphatic rings. The predicted octanol–water partition coefficient (Wildman–Crippen LogP) is 1.68. The number of rotatable bonds is 3. The summed E-state index contributed by atoms with van der Waals surface area (Å²) >= 11 is 0. The van der Waals surface area contributed by atoms with E-state index in [0.29, 0.717) is 23.3 Å². The Labute approximate surface area is 130 Å². The second-order valence-corrected chi connectivity index (χ2v) is 5.43. The Balaban J connectivity index is 2.22. The van der Waals surface area contributed by atoms with Crippen LogP contribution in [0.2, 0.25) is 0 Å². The summed E-state index contributed by atoms with van der Waals surface area (Å²) in [7, 11) is 0. The molecule has 1 aliphatic carbocycles. The zero-order valence-electron chi connectivity index (χ0n) is 12.0. The predicted molar refractivity (Wildman–Crippen MR) is 78.3 cm³/mol. The van der Waals surface area contributed by atoms with Gasteiger partial charge in [-0.1, -0.05) is 12.1 Å². The summed E-state index contributed by atoms with van der Waals surface area (Å²) in [6.07, 6.45) is 3.61. The van der Waals surface area contributed by atoms with Gasteiger partial charge in [-0.15, -0.1) is 0 Å². The van der Waals surface area contributed by atoms with E-state index in [9.17, 15) is 29.4 Å². The van der Waals surface area contributed by atoms with Crippen LogP contribution in [0.4, 0.5) is 5.69 Å². The van der Waals surface area contributed by atoms with Gasteiger partial charge in [-0.25, -0.2) is 14.5 Å². The molecule has 2 amide bonds. The number of hydrogen-bond donors (Lipinski definition) is 2. The number of fused-ring (bicyclic) bond motifs is 1. The van der Waals surface area contributed by atoms with Gasteiger partial charge < -0.3 is 10.2 Å². The highest BCUT2D eigenvalue weighted by Crippen LogP contribution is 2.39. The van der Waals surface area contributed by atoms with Gasteiger partial charge >= 0.3 is 11.9 Å². The molecule has 7 heteroatoms. The third-order valence-corrected chi connectivity index (χ3v) is 4.13. The van der Waals surface area contributed by atoms with E-state index in [2.05, 4.69) is 0 Å². The van der Waals surface area contributed by atoms with Crippen LogP contribution in [0.1, 0.15) is 40.0 Å². The molecule has 3 rings (SSSR count). The monoisotopic (exact) mass is 315 g/mol. The number of amides is 2. The fourth-order valence-electron chi connectivity index (χ4n) is 3.10. The molecule has 1 saturated heterocycles. The van der Waals surface area contributed by atoms with Crippen LogP contribution >= 0.6 is 0 Å². The Kier molecular flexibility index (Phi) is 3.48. The van der Waals surface area contributed by atoms with Gasteiger partial charge in [-0.2, -0.15) is 0 Å². The van der Waals surface area contributed by atoms with Crippen LogP contribution in [0.3, 0.4) is 0 Å². The fourth-order valence-corrected chi connectivity index (χ4v) is 3.10. The van der Waals surface area contributed by atoms with E-state index in [4.69, 9.17) is 0 Å². The second-order valence-electron chi connectivity index (χ2n) is 5.43. The number of carboxylic acid groups (broad SMARTS) is 2. The largest absolute Gasteiger partial charge is 0.478 e. The van der Waals surface area contributed by atoms with E-state index < -0.39 is 29.7 Å². The zero-order valence-corrected chi connectivity index (χ0v) is 12.0. The maximum absolute atomic E-state index is 12.6. The first-order valence-electron chi connectivity index (χ1n) is 7.11. The molecule has 0 aromatic heterocycles. The van der Waals surface area contributed by atoms with E-state index in [0.717, 1.165) is 6.42 Å². The number of carbonyl (C=O) groups excluding carboxylic acids is 2. The number of para-hydroxylation sites is 1. The lowest BCUT2D eigenvalue weighted by atomic mass is 9.90. The number of hydrogen-bond acceptors (Lipinski definition) is 4. The van der Waals surface area contributed by atoms with Crippen LogP contribution in [-0.2, 0) is 9.59 Å². The number of carbonyl (C=O) groups is 4. The number of anilines is 1. The third kappa shape index (κ3) is 2.21. The highest BCUT2D eigenvalue weighted by molar-refractivity contribution is 6.31. The van der Waals surface area contributed by atoms with Crippen molar-refractivity contribution in [1.82, 2.24) is 0 Å². The molecule has 1 atom stereocenters. The molecule has 0 saturated carbocycles. The Morgan fingerprint density at radius 1 is 1.09 bits per heavy atom. The van der Waals surface area contributed by atoms with Crippen LogP contribution < -0.4 is 4.90 Å². The van der Waals surface area contributed by atoms with Crippen LogP contribution in [0.5, 0.6) is 0 Å². The van der Waals surface area contributed by atoms with Gasteiger partial charge in [0, 0.05) is 5.57 Å². The number of imide groups is 1. The van der Waals surface area contributed by atoms with E-state index in [1.54, 1.807) is 6.08 Å². The van der Waals surface area contributed by atoms with Crippen LogP contribution in [0, 0.1) is 5.92 Å². The lowest BCUT2D eigenvalue weighted by molar-refractivity contribution is -0.122. The van der Waals surface area contributed by atoms with Crippen molar-refractivity contribution in [2.24, 2.45) is 5.92 Å². The Bertz CT molecular complexity index is 747. The summed E-state index contributed by atoms with van der Waals surface area (Å²) in [6.45, 7) is 0. The van der Waals surface area contributed by atoms with Crippen molar-refractivity contribution in [3.8, 4) is 0 Å². The fraction of sp³-hybridized carbons (Fsp3) is 0.250. The summed E-state index contributed by atoms with van der Waals surface area (Å²) in [5.74, 6) is -4.59. The molecule has 1 unspecified atom stereocenters. The molecular formula is C16H13NO6. The molecule has 1 heterocycles. The molecular weight excluding hydrogens is 302 g/mol. The molecule has 1 fully saturated rings. The summed E-state index contributed by atoms with van der Waals surface area (Å²) in [6, 6.07) is 3.63. The standard InChI is InChI=1S/C16H13NO6/c18-13-8-4-1-2-5-9(8)14(19)17(13)12-10(15(20)21)6-3-7-11(12)16(22)23/h3-4,6-7,9H,1-2,5H2,(H,20,21)(H,22,23). The zero-order chi connectivity index (χ0) is 16.7. The van der Waals surface area contributed by atoms with Gasteiger partial charge in [0.25, 0.3) is 5.91 Å². The Morgan fingerprint density at radius 2 is 1.70 bits per heavy atom. The topological polar surface area (TPSA) is 112 Å². The average Bonchev–Trinajstić information content (AvgIpc) is 2.78. The second kappa shape index (κ2) is 5.35. The minimum Gasteiger partial charge on any atom is -0.478 e. The van der Waals surface area contributed by atoms with Crippen molar-refractivity contribution in [3.63, 3.8) is 0 Å². The van der Waals surface area contributed by atoms with Gasteiger partial charge in [0.2, 0.25) is 5.91 Å². The maximum Gasteiger partial charge on any atom is 0.337 e. The Hall–Kier alpha value is -2.96. The number of carboxylic acids is 2. The molecule has 1 aliphatic heterocycles. The molecule has 7 nitrogen and oxygen atoms in total. The quantitative estimate of drug-likeness (QED) is 0.821. The molecule has 0 bridgehead atoms. The molecule has 2 N–H and O–H groups in total.